The fourth-order valence-electron chi connectivity index (χ4n) is 6.75. The lowest BCUT2D eigenvalue weighted by molar-refractivity contribution is -0.140. The Morgan fingerprint density at radius 3 is 2.38 bits per heavy atom. The highest BCUT2D eigenvalue weighted by Gasteiger charge is 2.67. The molecule has 3 aromatic carbocycles. The minimum Gasteiger partial charge on any atom is -0.490 e. The Balaban J connectivity index is 1.10. The number of nitrogens with zero attached hydrogens (tertiary/aromatic N) is 2. The molecule has 186 valence electrons. The van der Waals surface area contributed by atoms with Crippen LogP contribution >= 0.6 is 0 Å². The zero-order chi connectivity index (χ0) is 25.1. The molecule has 0 N–H and O–H groups in total. The molecule has 6 atom stereocenters. The summed E-state index contributed by atoms with van der Waals surface area (Å²) in [4.78, 5) is 26.3. The first-order valence-electron chi connectivity index (χ1n) is 13.1. The van der Waals surface area contributed by atoms with Gasteiger partial charge in [0.2, 0.25) is 0 Å². The van der Waals surface area contributed by atoms with E-state index in [-0.39, 0.29) is 35.5 Å². The van der Waals surface area contributed by atoms with Crippen molar-refractivity contribution in [2.45, 2.75) is 20.0 Å². The van der Waals surface area contributed by atoms with Crippen LogP contribution in [0.2, 0.25) is 0 Å². The van der Waals surface area contributed by atoms with Gasteiger partial charge < -0.3 is 9.47 Å². The van der Waals surface area contributed by atoms with Gasteiger partial charge in [0.05, 0.1) is 24.7 Å². The third-order valence-electron chi connectivity index (χ3n) is 8.49. The highest BCUT2D eigenvalue weighted by atomic mass is 16.5. The van der Waals surface area contributed by atoms with E-state index >= 15 is 0 Å². The predicted molar refractivity (Wildman–Crippen MR) is 140 cm³/mol. The second-order valence-corrected chi connectivity index (χ2v) is 10.5. The molecule has 0 unspecified atom stereocenters. The normalized spacial score (nSPS) is 29.2. The summed E-state index contributed by atoms with van der Waals surface area (Å²) in [6.07, 6.45) is 7.06. The molecule has 1 aliphatic heterocycles. The SMILES string of the molecule is CCOc1cc(/C=N\N2C(=O)[C@@H]3[C@@H]4C=C[C@H]([C@@H]5C[C@H]45)[C@H]3C2=O)ccc1OCc1cccc2ccccc12. The number of hydrazone groups is 1. The molecule has 4 aliphatic carbocycles. The van der Waals surface area contributed by atoms with Crippen LogP contribution in [0.15, 0.2) is 77.9 Å². The molecule has 0 radical (unpaired) electrons. The van der Waals surface area contributed by atoms with Gasteiger partial charge in [-0.25, -0.2) is 0 Å². The molecule has 2 amide bonds. The average molecular weight is 493 g/mol. The van der Waals surface area contributed by atoms with Crippen molar-refractivity contribution in [3.05, 3.63) is 83.9 Å². The fourth-order valence-corrected chi connectivity index (χ4v) is 6.75. The first kappa shape index (κ1) is 22.3. The van der Waals surface area contributed by atoms with E-state index in [4.69, 9.17) is 9.47 Å². The zero-order valence-electron chi connectivity index (χ0n) is 20.6. The van der Waals surface area contributed by atoms with Crippen molar-refractivity contribution >= 4 is 28.8 Å². The van der Waals surface area contributed by atoms with Crippen molar-refractivity contribution < 1.29 is 19.1 Å². The van der Waals surface area contributed by atoms with Crippen LogP contribution in [-0.4, -0.2) is 29.6 Å². The minimum absolute atomic E-state index is 0.156. The second kappa shape index (κ2) is 8.58. The van der Waals surface area contributed by atoms with Crippen LogP contribution in [0.3, 0.4) is 0 Å². The van der Waals surface area contributed by atoms with Crippen LogP contribution in [0.25, 0.3) is 10.8 Å². The number of fused-ring (bicyclic) bond motifs is 1. The van der Waals surface area contributed by atoms with Crippen LogP contribution in [-0.2, 0) is 16.2 Å². The topological polar surface area (TPSA) is 68.2 Å². The van der Waals surface area contributed by atoms with E-state index in [1.54, 1.807) is 6.21 Å². The number of amides is 2. The molecule has 6 nitrogen and oxygen atoms in total. The Bertz CT molecular complexity index is 1440. The van der Waals surface area contributed by atoms with Crippen LogP contribution in [0.5, 0.6) is 11.5 Å². The maximum atomic E-state index is 13.2. The molecule has 3 aromatic rings. The molecule has 2 saturated carbocycles. The minimum atomic E-state index is -0.243. The molecule has 37 heavy (non-hydrogen) atoms. The quantitative estimate of drug-likeness (QED) is 0.258. The molecule has 2 bridgehead atoms. The molecule has 1 heterocycles. The molecule has 3 fully saturated rings. The Morgan fingerprint density at radius 2 is 1.62 bits per heavy atom. The largest absolute Gasteiger partial charge is 0.490 e. The van der Waals surface area contributed by atoms with Crippen molar-refractivity contribution in [2.24, 2.45) is 40.6 Å². The van der Waals surface area contributed by atoms with Crippen molar-refractivity contribution in [1.29, 1.82) is 0 Å². The molecular weight excluding hydrogens is 464 g/mol. The van der Waals surface area contributed by atoms with Crippen LogP contribution < -0.4 is 9.47 Å². The Morgan fingerprint density at radius 1 is 0.892 bits per heavy atom. The Hall–Kier alpha value is -3.93. The van der Waals surface area contributed by atoms with Gasteiger partial charge in [0.15, 0.2) is 11.5 Å². The summed E-state index contributed by atoms with van der Waals surface area (Å²) in [5.74, 6) is 1.97. The smallest absolute Gasteiger partial charge is 0.254 e. The second-order valence-electron chi connectivity index (χ2n) is 10.5. The number of benzene rings is 3. The number of imide groups is 1. The third-order valence-corrected chi connectivity index (χ3v) is 8.49. The van der Waals surface area contributed by atoms with E-state index in [1.807, 2.05) is 43.3 Å². The van der Waals surface area contributed by atoms with Gasteiger partial charge in [0.1, 0.15) is 6.61 Å². The highest BCUT2D eigenvalue weighted by molar-refractivity contribution is 6.06. The number of carbonyl (C=O) groups is 2. The number of hydrogen-bond donors (Lipinski definition) is 0. The van der Waals surface area contributed by atoms with E-state index in [9.17, 15) is 9.59 Å². The Labute approximate surface area is 215 Å². The summed E-state index contributed by atoms with van der Waals surface area (Å²) in [6.45, 7) is 2.81. The predicted octanol–water partition coefficient (Wildman–Crippen LogP) is 5.20. The highest BCUT2D eigenvalue weighted by Crippen LogP contribution is 2.65. The van der Waals surface area contributed by atoms with Gasteiger partial charge in [-0.1, -0.05) is 54.6 Å². The van der Waals surface area contributed by atoms with Crippen molar-refractivity contribution in [3.8, 4) is 11.5 Å². The number of allylic oxidation sites excluding steroid dienone is 2. The maximum Gasteiger partial charge on any atom is 0.254 e. The summed E-state index contributed by atoms with van der Waals surface area (Å²) in [6, 6.07) is 20.0. The van der Waals surface area contributed by atoms with E-state index in [2.05, 4.69) is 41.5 Å². The zero-order valence-corrected chi connectivity index (χ0v) is 20.6. The van der Waals surface area contributed by atoms with Crippen molar-refractivity contribution in [2.75, 3.05) is 6.61 Å². The molecule has 1 saturated heterocycles. The fraction of sp³-hybridized carbons (Fsp3) is 0.323. The number of carbonyl (C=O) groups excluding carboxylic acids is 2. The maximum absolute atomic E-state index is 13.2. The lowest BCUT2D eigenvalue weighted by Crippen LogP contribution is -2.40. The van der Waals surface area contributed by atoms with E-state index < -0.39 is 0 Å². The van der Waals surface area contributed by atoms with Gasteiger partial charge in [0.25, 0.3) is 11.8 Å². The van der Waals surface area contributed by atoms with Crippen LogP contribution in [0.4, 0.5) is 0 Å². The monoisotopic (exact) mass is 492 g/mol. The molecular formula is C31H28N2O4. The van der Waals surface area contributed by atoms with Crippen LogP contribution in [0.1, 0.15) is 24.5 Å². The molecule has 0 aromatic heterocycles. The van der Waals surface area contributed by atoms with Gasteiger partial charge in [-0.05, 0) is 77.1 Å². The van der Waals surface area contributed by atoms with Crippen LogP contribution in [0, 0.1) is 35.5 Å². The molecule has 8 rings (SSSR count). The summed E-state index contributed by atoms with van der Waals surface area (Å²) in [7, 11) is 0. The van der Waals surface area contributed by atoms with Crippen molar-refractivity contribution in [1.82, 2.24) is 5.01 Å². The van der Waals surface area contributed by atoms with Gasteiger partial charge in [0, 0.05) is 0 Å². The lowest BCUT2D eigenvalue weighted by Gasteiger charge is -2.37. The van der Waals surface area contributed by atoms with Gasteiger partial charge in [-0.2, -0.15) is 10.1 Å². The standard InChI is InChI=1S/C31H28N2O4/c1-2-36-27-14-18(10-13-26(27)37-17-20-8-5-7-19-6-3-4-9-21(19)20)16-32-33-30(34)28-22-11-12-23(25-15-24(22)25)29(28)31(33)35/h3-14,16,22-25,28-29H,2,15,17H2,1H3/b32-16-/t22-,23-,24-,25+,28-,29-/m1/s1. The van der Waals surface area contributed by atoms with Gasteiger partial charge in [-0.15, -0.1) is 0 Å². The first-order chi connectivity index (χ1) is 18.1. The average Bonchev–Trinajstić information content (AvgIpc) is 3.71. The number of rotatable bonds is 7. The lowest BCUT2D eigenvalue weighted by atomic mass is 9.63. The number of hydrogen-bond acceptors (Lipinski definition) is 5. The third kappa shape index (κ3) is 3.57. The van der Waals surface area contributed by atoms with Gasteiger partial charge >= 0.3 is 0 Å². The number of ether oxygens (including phenoxy) is 2. The molecule has 0 spiro atoms. The van der Waals surface area contributed by atoms with E-state index in [1.165, 1.54) is 5.39 Å². The first-order valence-corrected chi connectivity index (χ1v) is 13.1. The van der Waals surface area contributed by atoms with Crippen molar-refractivity contribution in [3.63, 3.8) is 0 Å². The molecule has 6 heteroatoms. The summed E-state index contributed by atoms with van der Waals surface area (Å²) in [5.41, 5.74) is 1.83. The van der Waals surface area contributed by atoms with Gasteiger partial charge in [-0.3, -0.25) is 9.59 Å². The van der Waals surface area contributed by atoms with E-state index in [0.717, 1.165) is 27.9 Å². The molecule has 5 aliphatic rings. The summed E-state index contributed by atoms with van der Waals surface area (Å²) >= 11 is 0. The van der Waals surface area contributed by atoms with E-state index in [0.29, 0.717) is 36.5 Å². The summed E-state index contributed by atoms with van der Waals surface area (Å²) < 4.78 is 12.0. The Kier molecular flexibility index (Phi) is 5.17. The summed E-state index contributed by atoms with van der Waals surface area (Å²) in [5, 5.41) is 7.80.